The Morgan fingerprint density at radius 1 is 1.22 bits per heavy atom. The molecule has 2 saturated heterocycles. The number of rotatable bonds is 6. The predicted octanol–water partition coefficient (Wildman–Crippen LogP) is 3.15. The summed E-state index contributed by atoms with van der Waals surface area (Å²) in [5.74, 6) is 0. The van der Waals surface area contributed by atoms with E-state index in [-0.39, 0.29) is 12.1 Å². The van der Waals surface area contributed by atoms with Crippen molar-refractivity contribution in [1.29, 1.82) is 0 Å². The molecule has 2 aliphatic heterocycles. The summed E-state index contributed by atoms with van der Waals surface area (Å²) in [7, 11) is 0. The van der Waals surface area contributed by atoms with Crippen molar-refractivity contribution in [3.05, 3.63) is 52.0 Å². The quantitative estimate of drug-likeness (QED) is 0.749. The second-order valence-electron chi connectivity index (χ2n) is 7.08. The first-order chi connectivity index (χ1) is 13.2. The largest absolute Gasteiger partial charge is 0.379 e. The molecule has 0 unspecified atom stereocenters. The van der Waals surface area contributed by atoms with Gasteiger partial charge in [0.15, 0.2) is 5.11 Å². The van der Waals surface area contributed by atoms with Crippen LogP contribution < -0.4 is 5.32 Å². The van der Waals surface area contributed by atoms with Gasteiger partial charge in [0.1, 0.15) is 0 Å². The molecule has 144 valence electrons. The molecule has 0 aliphatic carbocycles. The summed E-state index contributed by atoms with van der Waals surface area (Å²) in [6.45, 7) is 7.97. The number of nitrogens with zero attached hydrogens (tertiary/aromatic N) is 3. The van der Waals surface area contributed by atoms with E-state index in [9.17, 15) is 0 Å². The number of thiophene rings is 1. The van der Waals surface area contributed by atoms with Gasteiger partial charge in [-0.05, 0) is 49.8 Å². The highest BCUT2D eigenvalue weighted by molar-refractivity contribution is 7.80. The lowest BCUT2D eigenvalue weighted by Crippen LogP contribution is -2.38. The third-order valence-corrected chi connectivity index (χ3v) is 6.65. The van der Waals surface area contributed by atoms with Crippen molar-refractivity contribution in [3.63, 3.8) is 0 Å². The maximum absolute atomic E-state index is 5.73. The molecule has 2 aromatic rings. The number of aryl methyl sites for hydroxylation is 1. The summed E-state index contributed by atoms with van der Waals surface area (Å²) in [6, 6.07) is 10.8. The summed E-state index contributed by atoms with van der Waals surface area (Å²) in [4.78, 5) is 12.1. The Labute approximate surface area is 170 Å². The second kappa shape index (κ2) is 8.65. The molecule has 4 rings (SSSR count). The molecule has 0 saturated carbocycles. The molecule has 2 aromatic heterocycles. The molecule has 4 heterocycles. The van der Waals surface area contributed by atoms with E-state index >= 15 is 0 Å². The maximum atomic E-state index is 5.73. The van der Waals surface area contributed by atoms with E-state index in [1.165, 1.54) is 9.75 Å². The first-order valence-corrected chi connectivity index (χ1v) is 10.8. The molecule has 27 heavy (non-hydrogen) atoms. The molecule has 0 radical (unpaired) electrons. The molecule has 0 spiro atoms. The van der Waals surface area contributed by atoms with Gasteiger partial charge in [-0.1, -0.05) is 6.07 Å². The fraction of sp³-hybridized carbons (Fsp3) is 0.500. The van der Waals surface area contributed by atoms with Gasteiger partial charge >= 0.3 is 0 Å². The van der Waals surface area contributed by atoms with Gasteiger partial charge in [0.25, 0.3) is 0 Å². The minimum atomic E-state index is 0.0973. The predicted molar refractivity (Wildman–Crippen MR) is 113 cm³/mol. The van der Waals surface area contributed by atoms with Crippen molar-refractivity contribution in [2.75, 3.05) is 39.4 Å². The number of aromatic nitrogens is 1. The van der Waals surface area contributed by atoms with Crippen LogP contribution in [0.2, 0.25) is 0 Å². The normalized spacial score (nSPS) is 23.6. The van der Waals surface area contributed by atoms with Gasteiger partial charge < -0.3 is 15.0 Å². The van der Waals surface area contributed by atoms with E-state index < -0.39 is 0 Å². The Morgan fingerprint density at radius 2 is 2.07 bits per heavy atom. The molecule has 2 aliphatic rings. The van der Waals surface area contributed by atoms with Gasteiger partial charge in [0.2, 0.25) is 0 Å². The summed E-state index contributed by atoms with van der Waals surface area (Å²) < 4.78 is 5.45. The smallest absolute Gasteiger partial charge is 0.170 e. The number of ether oxygens (including phenoxy) is 1. The zero-order chi connectivity index (χ0) is 18.6. The van der Waals surface area contributed by atoms with Crippen LogP contribution in [0.3, 0.4) is 0 Å². The van der Waals surface area contributed by atoms with Crippen LogP contribution in [0.25, 0.3) is 0 Å². The molecule has 0 aromatic carbocycles. The number of hydrogen-bond acceptors (Lipinski definition) is 5. The van der Waals surface area contributed by atoms with E-state index in [4.69, 9.17) is 17.0 Å². The van der Waals surface area contributed by atoms with Crippen LogP contribution in [-0.4, -0.2) is 59.3 Å². The van der Waals surface area contributed by atoms with E-state index in [2.05, 4.69) is 45.2 Å². The van der Waals surface area contributed by atoms with Crippen molar-refractivity contribution in [3.8, 4) is 0 Å². The van der Waals surface area contributed by atoms with E-state index in [0.717, 1.165) is 56.6 Å². The van der Waals surface area contributed by atoms with Gasteiger partial charge in [-0.2, -0.15) is 0 Å². The molecule has 0 amide bonds. The number of hydrogen-bond donors (Lipinski definition) is 1. The van der Waals surface area contributed by atoms with Gasteiger partial charge in [0.05, 0.1) is 31.0 Å². The minimum Gasteiger partial charge on any atom is -0.379 e. The van der Waals surface area contributed by atoms with Crippen molar-refractivity contribution >= 4 is 28.7 Å². The van der Waals surface area contributed by atoms with Crippen molar-refractivity contribution in [1.82, 2.24) is 20.1 Å². The molecule has 2 fully saturated rings. The number of pyridine rings is 1. The molecular weight excluding hydrogens is 376 g/mol. The Balaban J connectivity index is 1.50. The molecule has 0 bridgehead atoms. The lowest BCUT2D eigenvalue weighted by Gasteiger charge is -2.30. The van der Waals surface area contributed by atoms with Crippen LogP contribution in [0.1, 0.15) is 34.0 Å². The topological polar surface area (TPSA) is 40.6 Å². The van der Waals surface area contributed by atoms with Gasteiger partial charge in [-0.3, -0.25) is 9.88 Å². The lowest BCUT2D eigenvalue weighted by atomic mass is 10.0. The Morgan fingerprint density at radius 3 is 2.78 bits per heavy atom. The van der Waals surface area contributed by atoms with Crippen molar-refractivity contribution in [2.45, 2.75) is 25.4 Å². The standard InChI is InChI=1S/C20H26N4OS2/c1-15-6-7-17(27-15)19-18(16-5-2-3-8-21-16)22-20(26)24(19)10-4-9-23-11-13-25-14-12-23/h2-3,5-8,18-19H,4,9-14H2,1H3,(H,22,26)/t18-,19+/m1/s1. The van der Waals surface area contributed by atoms with Gasteiger partial charge in [-0.25, -0.2) is 0 Å². The summed E-state index contributed by atoms with van der Waals surface area (Å²) in [5, 5.41) is 4.37. The highest BCUT2D eigenvalue weighted by Gasteiger charge is 2.40. The Bertz CT molecular complexity index is 760. The van der Waals surface area contributed by atoms with Gasteiger partial charge in [-0.15, -0.1) is 11.3 Å². The SMILES string of the molecule is Cc1ccc([C@H]2[C@@H](c3ccccn3)NC(=S)N2CCCN2CCOCC2)s1. The van der Waals surface area contributed by atoms with Gasteiger partial charge in [0, 0.05) is 42.1 Å². The second-order valence-corrected chi connectivity index (χ2v) is 8.78. The molecule has 7 heteroatoms. The van der Waals surface area contributed by atoms with Crippen molar-refractivity contribution in [2.24, 2.45) is 0 Å². The average molecular weight is 403 g/mol. The van der Waals surface area contributed by atoms with Crippen LogP contribution >= 0.6 is 23.6 Å². The molecule has 1 N–H and O–H groups in total. The van der Waals surface area contributed by atoms with Crippen LogP contribution in [-0.2, 0) is 4.74 Å². The number of thiocarbonyl (C=S) groups is 1. The van der Waals surface area contributed by atoms with Crippen LogP contribution in [0, 0.1) is 6.92 Å². The summed E-state index contributed by atoms with van der Waals surface area (Å²) in [5.41, 5.74) is 1.05. The zero-order valence-electron chi connectivity index (χ0n) is 15.6. The summed E-state index contributed by atoms with van der Waals surface area (Å²) in [6.07, 6.45) is 2.95. The monoisotopic (exact) mass is 402 g/mol. The molecular formula is C20H26N4OS2. The lowest BCUT2D eigenvalue weighted by molar-refractivity contribution is 0.0366. The van der Waals surface area contributed by atoms with E-state index in [1.54, 1.807) is 0 Å². The molecule has 5 nitrogen and oxygen atoms in total. The average Bonchev–Trinajstić information content (AvgIpc) is 3.27. The van der Waals surface area contributed by atoms with Crippen LogP contribution in [0.5, 0.6) is 0 Å². The van der Waals surface area contributed by atoms with Crippen LogP contribution in [0.15, 0.2) is 36.5 Å². The number of nitrogens with one attached hydrogen (secondary N) is 1. The van der Waals surface area contributed by atoms with Crippen molar-refractivity contribution < 1.29 is 4.74 Å². The summed E-state index contributed by atoms with van der Waals surface area (Å²) >= 11 is 7.58. The van der Waals surface area contributed by atoms with E-state index in [1.807, 2.05) is 29.7 Å². The van der Waals surface area contributed by atoms with Crippen LogP contribution in [0.4, 0.5) is 0 Å². The third-order valence-electron chi connectivity index (χ3n) is 5.23. The fourth-order valence-corrected chi connectivity index (χ4v) is 5.22. The zero-order valence-corrected chi connectivity index (χ0v) is 17.3. The maximum Gasteiger partial charge on any atom is 0.170 e. The van der Waals surface area contributed by atoms with E-state index in [0.29, 0.717) is 0 Å². The fourth-order valence-electron chi connectivity index (χ4n) is 3.86. The molecule has 2 atom stereocenters. The minimum absolute atomic E-state index is 0.0973. The highest BCUT2D eigenvalue weighted by Crippen LogP contribution is 2.41. The number of morpholine rings is 1. The Hall–Kier alpha value is -1.54. The first-order valence-electron chi connectivity index (χ1n) is 9.57. The first kappa shape index (κ1) is 18.8. The highest BCUT2D eigenvalue weighted by atomic mass is 32.1. The Kier molecular flexibility index (Phi) is 6.02. The third kappa shape index (κ3) is 4.32.